The molecule has 9 heteroatoms. The van der Waals surface area contributed by atoms with Gasteiger partial charge in [-0.3, -0.25) is 9.59 Å². The molecular formula is C11H15N3O4S2. The summed E-state index contributed by atoms with van der Waals surface area (Å²) in [7, 11) is 0. The van der Waals surface area contributed by atoms with Crippen molar-refractivity contribution >= 4 is 40.9 Å². The normalized spacial score (nSPS) is 11.7. The summed E-state index contributed by atoms with van der Waals surface area (Å²) in [6, 6.07) is -0.958. The number of aryl methyl sites for hydroxylation is 1. The van der Waals surface area contributed by atoms with Crippen LogP contribution in [-0.2, 0) is 9.59 Å². The van der Waals surface area contributed by atoms with E-state index in [1.165, 1.54) is 29.3 Å². The number of carbonyl (C=O) groups excluding carboxylic acids is 2. The number of hydrogen-bond acceptors (Lipinski definition) is 6. The Balaban J connectivity index is 2.42. The van der Waals surface area contributed by atoms with E-state index >= 15 is 0 Å². The highest BCUT2D eigenvalue weighted by Crippen LogP contribution is 2.10. The van der Waals surface area contributed by atoms with Crippen LogP contribution in [-0.4, -0.2) is 52.5 Å². The quantitative estimate of drug-likeness (QED) is 0.659. The Hall–Kier alpha value is -1.61. The third-order valence-electron chi connectivity index (χ3n) is 2.22. The fraction of sp³-hybridized carbons (Fsp3) is 0.455. The molecule has 0 spiro atoms. The highest BCUT2D eigenvalue weighted by molar-refractivity contribution is 7.98. The number of amides is 2. The molecule has 1 heterocycles. The number of aliphatic carboxylic acids is 1. The monoisotopic (exact) mass is 317 g/mol. The summed E-state index contributed by atoms with van der Waals surface area (Å²) in [6.07, 6.45) is 3.18. The maximum absolute atomic E-state index is 11.7. The summed E-state index contributed by atoms with van der Waals surface area (Å²) < 4.78 is 0. The first kappa shape index (κ1) is 16.4. The molecule has 110 valence electrons. The van der Waals surface area contributed by atoms with Gasteiger partial charge in [-0.2, -0.15) is 11.8 Å². The van der Waals surface area contributed by atoms with Gasteiger partial charge in [0, 0.05) is 5.75 Å². The van der Waals surface area contributed by atoms with Crippen molar-refractivity contribution in [1.29, 1.82) is 0 Å². The molecule has 1 atom stereocenters. The Bertz CT molecular complexity index is 504. The SMILES string of the molecule is CSC[C@@H](NC(=O)CNC(=O)c1cnc(C)s1)C(=O)O. The van der Waals surface area contributed by atoms with Gasteiger partial charge in [0.1, 0.15) is 10.9 Å². The zero-order chi connectivity index (χ0) is 15.1. The Labute approximate surface area is 124 Å². The lowest BCUT2D eigenvalue weighted by molar-refractivity contribution is -0.140. The minimum Gasteiger partial charge on any atom is -0.480 e. The number of nitrogens with one attached hydrogen (secondary N) is 2. The summed E-state index contributed by atoms with van der Waals surface area (Å²) in [5, 5.41) is 14.4. The van der Waals surface area contributed by atoms with Crippen LogP contribution in [0.2, 0.25) is 0 Å². The molecule has 0 bridgehead atoms. The molecule has 0 unspecified atom stereocenters. The van der Waals surface area contributed by atoms with Crippen molar-refractivity contribution in [2.45, 2.75) is 13.0 Å². The van der Waals surface area contributed by atoms with Crippen molar-refractivity contribution in [2.24, 2.45) is 0 Å². The minimum atomic E-state index is -1.10. The van der Waals surface area contributed by atoms with Crippen LogP contribution in [0.4, 0.5) is 0 Å². The molecular weight excluding hydrogens is 302 g/mol. The summed E-state index contributed by atoms with van der Waals surface area (Å²) >= 11 is 2.54. The molecule has 0 aliphatic rings. The summed E-state index contributed by atoms with van der Waals surface area (Å²) in [5.74, 6) is -1.77. The zero-order valence-corrected chi connectivity index (χ0v) is 12.6. The van der Waals surface area contributed by atoms with Gasteiger partial charge in [-0.15, -0.1) is 11.3 Å². The number of carbonyl (C=O) groups is 3. The van der Waals surface area contributed by atoms with Gasteiger partial charge in [0.25, 0.3) is 5.91 Å². The molecule has 7 nitrogen and oxygen atoms in total. The summed E-state index contributed by atoms with van der Waals surface area (Å²) in [5.41, 5.74) is 0. The molecule has 0 aromatic carbocycles. The summed E-state index contributed by atoms with van der Waals surface area (Å²) in [4.78, 5) is 38.4. The van der Waals surface area contributed by atoms with Crippen molar-refractivity contribution in [2.75, 3.05) is 18.6 Å². The smallest absolute Gasteiger partial charge is 0.327 e. The molecule has 20 heavy (non-hydrogen) atoms. The van der Waals surface area contributed by atoms with Gasteiger partial charge >= 0.3 is 5.97 Å². The van der Waals surface area contributed by atoms with Crippen molar-refractivity contribution in [3.8, 4) is 0 Å². The molecule has 0 saturated heterocycles. The first-order valence-electron chi connectivity index (χ1n) is 5.65. The van der Waals surface area contributed by atoms with E-state index in [1.807, 2.05) is 0 Å². The average Bonchev–Trinajstić information content (AvgIpc) is 2.82. The second kappa shape index (κ2) is 7.85. The Morgan fingerprint density at radius 2 is 2.20 bits per heavy atom. The molecule has 0 aliphatic heterocycles. The zero-order valence-electron chi connectivity index (χ0n) is 11.0. The number of carboxylic acids is 1. The Morgan fingerprint density at radius 3 is 2.70 bits per heavy atom. The third kappa shape index (κ3) is 5.17. The lowest BCUT2D eigenvalue weighted by Gasteiger charge is -2.13. The van der Waals surface area contributed by atoms with Gasteiger partial charge in [0.15, 0.2) is 0 Å². The molecule has 0 saturated carbocycles. The van der Waals surface area contributed by atoms with E-state index in [4.69, 9.17) is 5.11 Å². The van der Waals surface area contributed by atoms with Gasteiger partial charge in [0.2, 0.25) is 5.91 Å². The fourth-order valence-corrected chi connectivity index (χ4v) is 2.55. The van der Waals surface area contributed by atoms with Gasteiger partial charge in [-0.05, 0) is 13.2 Å². The van der Waals surface area contributed by atoms with Gasteiger partial charge in [-0.1, -0.05) is 0 Å². The molecule has 2 amide bonds. The van der Waals surface area contributed by atoms with Crippen molar-refractivity contribution in [3.05, 3.63) is 16.1 Å². The lowest BCUT2D eigenvalue weighted by atomic mass is 10.3. The number of carboxylic acid groups (broad SMARTS) is 1. The number of aromatic nitrogens is 1. The fourth-order valence-electron chi connectivity index (χ4n) is 1.30. The van der Waals surface area contributed by atoms with Crippen molar-refractivity contribution < 1.29 is 19.5 Å². The van der Waals surface area contributed by atoms with E-state index in [-0.39, 0.29) is 12.3 Å². The van der Waals surface area contributed by atoms with Crippen molar-refractivity contribution in [3.63, 3.8) is 0 Å². The van der Waals surface area contributed by atoms with E-state index in [2.05, 4.69) is 15.6 Å². The van der Waals surface area contributed by atoms with Crippen LogP contribution in [0.5, 0.6) is 0 Å². The van der Waals surface area contributed by atoms with E-state index in [0.717, 1.165) is 5.01 Å². The topological polar surface area (TPSA) is 108 Å². The van der Waals surface area contributed by atoms with E-state index in [9.17, 15) is 14.4 Å². The molecule has 1 rings (SSSR count). The van der Waals surface area contributed by atoms with Gasteiger partial charge in [0.05, 0.1) is 17.7 Å². The first-order valence-corrected chi connectivity index (χ1v) is 7.86. The molecule has 1 aromatic heterocycles. The highest BCUT2D eigenvalue weighted by atomic mass is 32.2. The van der Waals surface area contributed by atoms with Gasteiger partial charge < -0.3 is 15.7 Å². The van der Waals surface area contributed by atoms with Crippen LogP contribution in [0.15, 0.2) is 6.20 Å². The number of hydrogen-bond donors (Lipinski definition) is 3. The maximum Gasteiger partial charge on any atom is 0.327 e. The van der Waals surface area contributed by atoms with E-state index in [0.29, 0.717) is 4.88 Å². The van der Waals surface area contributed by atoms with Crippen LogP contribution >= 0.6 is 23.1 Å². The number of rotatable bonds is 7. The predicted octanol–water partition coefficient (Wildman–Crippen LogP) is 0.114. The number of nitrogens with zero attached hydrogens (tertiary/aromatic N) is 1. The molecule has 3 N–H and O–H groups in total. The molecule has 0 radical (unpaired) electrons. The van der Waals surface area contributed by atoms with Crippen LogP contribution in [0.3, 0.4) is 0 Å². The number of thioether (sulfide) groups is 1. The largest absolute Gasteiger partial charge is 0.480 e. The molecule has 0 aliphatic carbocycles. The van der Waals surface area contributed by atoms with Crippen LogP contribution in [0.25, 0.3) is 0 Å². The van der Waals surface area contributed by atoms with E-state index < -0.39 is 23.8 Å². The lowest BCUT2D eigenvalue weighted by Crippen LogP contribution is -2.46. The second-order valence-electron chi connectivity index (χ2n) is 3.84. The molecule has 0 fully saturated rings. The highest BCUT2D eigenvalue weighted by Gasteiger charge is 2.19. The Kier molecular flexibility index (Phi) is 6.46. The standard InChI is InChI=1S/C11H15N3O4S2/c1-6-12-3-8(20-6)10(16)13-4-9(15)14-7(5-19-2)11(17)18/h3,7H,4-5H2,1-2H3,(H,13,16)(H,14,15)(H,17,18)/t7-/m1/s1. The third-order valence-corrected chi connectivity index (χ3v) is 3.80. The van der Waals surface area contributed by atoms with Gasteiger partial charge in [-0.25, -0.2) is 9.78 Å². The van der Waals surface area contributed by atoms with Crippen molar-refractivity contribution in [1.82, 2.24) is 15.6 Å². The van der Waals surface area contributed by atoms with Crippen LogP contribution in [0.1, 0.15) is 14.7 Å². The minimum absolute atomic E-state index is 0.267. The van der Waals surface area contributed by atoms with Crippen LogP contribution in [0, 0.1) is 6.92 Å². The summed E-state index contributed by atoms with van der Waals surface area (Å²) in [6.45, 7) is 1.50. The Morgan fingerprint density at radius 1 is 1.50 bits per heavy atom. The first-order chi connectivity index (χ1) is 9.43. The molecule has 1 aromatic rings. The van der Waals surface area contributed by atoms with E-state index in [1.54, 1.807) is 13.2 Å². The predicted molar refractivity (Wildman–Crippen MR) is 77.1 cm³/mol. The van der Waals surface area contributed by atoms with Crippen LogP contribution < -0.4 is 10.6 Å². The number of thiazole rings is 1. The second-order valence-corrected chi connectivity index (χ2v) is 5.99. The average molecular weight is 317 g/mol. The maximum atomic E-state index is 11.7.